The molecule has 1 saturated heterocycles. The average molecular weight is 229 g/mol. The number of ether oxygens (including phenoxy) is 1. The van der Waals surface area contributed by atoms with Gasteiger partial charge in [0, 0.05) is 13.1 Å². The van der Waals surface area contributed by atoms with Crippen LogP contribution in [0.25, 0.3) is 0 Å². The van der Waals surface area contributed by atoms with E-state index in [4.69, 9.17) is 4.74 Å². The van der Waals surface area contributed by atoms with E-state index in [9.17, 15) is 5.11 Å². The minimum atomic E-state index is -0.351. The van der Waals surface area contributed by atoms with Crippen LogP contribution in [-0.2, 0) is 4.74 Å². The third kappa shape index (κ3) is 5.28. The standard InChI is InChI=1S/C13H27NO2/c1-11(2)16-9-12(15)8-14-7-5-6-13(3,4)10-14/h11-12,15H,5-10H2,1-4H3. The van der Waals surface area contributed by atoms with Gasteiger partial charge in [0.2, 0.25) is 0 Å². The molecule has 0 bridgehead atoms. The lowest BCUT2D eigenvalue weighted by Gasteiger charge is -2.38. The van der Waals surface area contributed by atoms with Crippen LogP contribution >= 0.6 is 0 Å². The van der Waals surface area contributed by atoms with E-state index in [2.05, 4.69) is 18.7 Å². The maximum absolute atomic E-state index is 9.85. The maximum atomic E-state index is 9.85. The first-order valence-electron chi connectivity index (χ1n) is 6.41. The first-order chi connectivity index (χ1) is 7.39. The Labute approximate surface area is 99.8 Å². The Balaban J connectivity index is 2.25. The number of aliphatic hydroxyl groups is 1. The second-order valence-corrected chi connectivity index (χ2v) is 6.04. The van der Waals surface area contributed by atoms with Gasteiger partial charge in [0.15, 0.2) is 0 Å². The van der Waals surface area contributed by atoms with E-state index >= 15 is 0 Å². The van der Waals surface area contributed by atoms with Gasteiger partial charge in [0.25, 0.3) is 0 Å². The van der Waals surface area contributed by atoms with Crippen LogP contribution in [0, 0.1) is 5.41 Å². The summed E-state index contributed by atoms with van der Waals surface area (Å²) in [5.74, 6) is 0. The number of aliphatic hydroxyl groups excluding tert-OH is 1. The fraction of sp³-hybridized carbons (Fsp3) is 1.00. The second-order valence-electron chi connectivity index (χ2n) is 6.04. The molecule has 0 aromatic rings. The third-order valence-corrected chi connectivity index (χ3v) is 3.07. The number of hydrogen-bond donors (Lipinski definition) is 1. The number of nitrogens with zero attached hydrogens (tertiary/aromatic N) is 1. The van der Waals surface area contributed by atoms with E-state index in [1.165, 1.54) is 12.8 Å². The highest BCUT2D eigenvalue weighted by Crippen LogP contribution is 2.28. The summed E-state index contributed by atoms with van der Waals surface area (Å²) in [6, 6.07) is 0. The molecule has 1 unspecified atom stereocenters. The Morgan fingerprint density at radius 3 is 2.62 bits per heavy atom. The fourth-order valence-electron chi connectivity index (χ4n) is 2.35. The Morgan fingerprint density at radius 1 is 1.38 bits per heavy atom. The lowest BCUT2D eigenvalue weighted by molar-refractivity contribution is -0.0181. The summed E-state index contributed by atoms with van der Waals surface area (Å²) < 4.78 is 5.42. The Morgan fingerprint density at radius 2 is 2.06 bits per heavy atom. The molecular weight excluding hydrogens is 202 g/mol. The summed E-state index contributed by atoms with van der Waals surface area (Å²) >= 11 is 0. The second kappa shape index (κ2) is 5.99. The molecule has 1 aliphatic heterocycles. The molecule has 0 aliphatic carbocycles. The van der Waals surface area contributed by atoms with Gasteiger partial charge in [-0.2, -0.15) is 0 Å². The van der Waals surface area contributed by atoms with Gasteiger partial charge in [0.1, 0.15) is 0 Å². The highest BCUT2D eigenvalue weighted by Gasteiger charge is 2.27. The number of piperidine rings is 1. The van der Waals surface area contributed by atoms with Crippen LogP contribution in [0.5, 0.6) is 0 Å². The molecule has 1 rings (SSSR count). The van der Waals surface area contributed by atoms with Gasteiger partial charge in [-0.25, -0.2) is 0 Å². The molecule has 1 atom stereocenters. The van der Waals surface area contributed by atoms with Crippen LogP contribution in [0.3, 0.4) is 0 Å². The van der Waals surface area contributed by atoms with Gasteiger partial charge in [-0.1, -0.05) is 13.8 Å². The molecule has 1 aliphatic rings. The van der Waals surface area contributed by atoms with Crippen molar-refractivity contribution < 1.29 is 9.84 Å². The number of rotatable bonds is 5. The zero-order chi connectivity index (χ0) is 12.2. The highest BCUT2D eigenvalue weighted by atomic mass is 16.5. The van der Waals surface area contributed by atoms with Crippen molar-refractivity contribution in [3.05, 3.63) is 0 Å². The van der Waals surface area contributed by atoms with Gasteiger partial charge < -0.3 is 14.7 Å². The Bertz CT molecular complexity index is 204. The van der Waals surface area contributed by atoms with Crippen molar-refractivity contribution in [3.63, 3.8) is 0 Å². The Hall–Kier alpha value is -0.120. The predicted octanol–water partition coefficient (Wildman–Crippen LogP) is 1.89. The summed E-state index contributed by atoms with van der Waals surface area (Å²) in [7, 11) is 0. The van der Waals surface area contributed by atoms with Crippen molar-refractivity contribution in [2.24, 2.45) is 5.41 Å². The van der Waals surface area contributed by atoms with Crippen molar-refractivity contribution in [3.8, 4) is 0 Å². The molecule has 1 N–H and O–H groups in total. The van der Waals surface area contributed by atoms with E-state index in [-0.39, 0.29) is 12.2 Å². The van der Waals surface area contributed by atoms with Crippen LogP contribution in [0.15, 0.2) is 0 Å². The fourth-order valence-corrected chi connectivity index (χ4v) is 2.35. The molecule has 0 aromatic carbocycles. The third-order valence-electron chi connectivity index (χ3n) is 3.07. The quantitative estimate of drug-likeness (QED) is 0.781. The van der Waals surface area contributed by atoms with E-state index in [0.717, 1.165) is 19.6 Å². The van der Waals surface area contributed by atoms with E-state index in [1.807, 2.05) is 13.8 Å². The van der Waals surface area contributed by atoms with Crippen LogP contribution in [0.1, 0.15) is 40.5 Å². The molecule has 0 spiro atoms. The number of β-amino-alcohol motifs (C(OH)–C–C–N with tert-alkyl or cyclic N) is 1. The molecule has 0 amide bonds. The monoisotopic (exact) mass is 229 g/mol. The Kier molecular flexibility index (Phi) is 5.22. The van der Waals surface area contributed by atoms with Crippen molar-refractivity contribution in [2.75, 3.05) is 26.2 Å². The summed E-state index contributed by atoms with van der Waals surface area (Å²) in [6.07, 6.45) is 2.39. The minimum absolute atomic E-state index is 0.201. The normalized spacial score (nSPS) is 23.6. The molecule has 1 fully saturated rings. The van der Waals surface area contributed by atoms with Crippen molar-refractivity contribution >= 4 is 0 Å². The SMILES string of the molecule is CC(C)OCC(O)CN1CCCC(C)(C)C1. The molecule has 3 nitrogen and oxygen atoms in total. The lowest BCUT2D eigenvalue weighted by atomic mass is 9.84. The highest BCUT2D eigenvalue weighted by molar-refractivity contribution is 4.80. The molecular formula is C13H27NO2. The van der Waals surface area contributed by atoms with Crippen molar-refractivity contribution in [2.45, 2.75) is 52.7 Å². The molecule has 0 aromatic heterocycles. The lowest BCUT2D eigenvalue weighted by Crippen LogP contribution is -2.44. The molecule has 0 radical (unpaired) electrons. The summed E-state index contributed by atoms with van der Waals surface area (Å²) in [5.41, 5.74) is 0.400. The summed E-state index contributed by atoms with van der Waals surface area (Å²) in [6.45, 7) is 12.0. The summed E-state index contributed by atoms with van der Waals surface area (Å²) in [5, 5.41) is 9.85. The van der Waals surface area contributed by atoms with Crippen LogP contribution < -0.4 is 0 Å². The zero-order valence-corrected chi connectivity index (χ0v) is 11.2. The summed E-state index contributed by atoms with van der Waals surface area (Å²) in [4.78, 5) is 2.36. The van der Waals surface area contributed by atoms with Gasteiger partial charge in [-0.3, -0.25) is 0 Å². The van der Waals surface area contributed by atoms with Crippen LogP contribution in [0.4, 0.5) is 0 Å². The van der Waals surface area contributed by atoms with Crippen LogP contribution in [0.2, 0.25) is 0 Å². The first kappa shape index (κ1) is 13.9. The first-order valence-corrected chi connectivity index (χ1v) is 6.41. The molecule has 1 heterocycles. The van der Waals surface area contributed by atoms with Gasteiger partial charge in [-0.05, 0) is 38.6 Å². The van der Waals surface area contributed by atoms with Gasteiger partial charge >= 0.3 is 0 Å². The topological polar surface area (TPSA) is 32.7 Å². The van der Waals surface area contributed by atoms with Crippen molar-refractivity contribution in [1.29, 1.82) is 0 Å². The van der Waals surface area contributed by atoms with Gasteiger partial charge in [0.05, 0.1) is 18.8 Å². The predicted molar refractivity (Wildman–Crippen MR) is 66.5 cm³/mol. The number of hydrogen-bond acceptors (Lipinski definition) is 3. The van der Waals surface area contributed by atoms with Crippen LogP contribution in [-0.4, -0.2) is 48.5 Å². The van der Waals surface area contributed by atoms with Gasteiger partial charge in [-0.15, -0.1) is 0 Å². The molecule has 0 saturated carbocycles. The zero-order valence-electron chi connectivity index (χ0n) is 11.2. The van der Waals surface area contributed by atoms with E-state index in [0.29, 0.717) is 12.0 Å². The molecule has 16 heavy (non-hydrogen) atoms. The maximum Gasteiger partial charge on any atom is 0.0900 e. The molecule has 96 valence electrons. The minimum Gasteiger partial charge on any atom is -0.389 e. The molecule has 3 heteroatoms. The van der Waals surface area contributed by atoms with E-state index < -0.39 is 0 Å². The van der Waals surface area contributed by atoms with Crippen molar-refractivity contribution in [1.82, 2.24) is 4.90 Å². The number of likely N-dealkylation sites (tertiary alicyclic amines) is 1. The van der Waals surface area contributed by atoms with E-state index in [1.54, 1.807) is 0 Å². The largest absolute Gasteiger partial charge is 0.389 e. The smallest absolute Gasteiger partial charge is 0.0900 e. The average Bonchev–Trinajstić information content (AvgIpc) is 2.13.